The van der Waals surface area contributed by atoms with Gasteiger partial charge in [0, 0.05) is 81.9 Å². The molecular weight excluding hydrogens is 971 g/mol. The number of methoxy groups -OCH3 is 1. The normalized spacial score (nSPS) is 12.0. The van der Waals surface area contributed by atoms with E-state index in [9.17, 15) is 19.8 Å². The SMILES string of the molecule is CCCCCCCCNc1cc(OC)c2nc(-c3ccc(N(CC)CC)cc3O)nc3c2c1C(=O)c1ccccc1-3.Cc1ccc2c3c(nc(-c4cc5ccccc5cc4O)nc13)-c1cccc(Nc3ccccc3)c1C2=O. The predicted molar refractivity (Wildman–Crippen MR) is 315 cm³/mol. The Morgan fingerprint density at radius 1 is 0.526 bits per heavy atom. The standard InChI is InChI=1S/C34H40N4O3.C32H21N3O2/c1-5-8-9-10-11-14-19-35-26-21-28(41-4)32-30-29(26)33(40)24-16-13-12-15-23(24)31(30)36-34(37-32)25-18-17-22(20-27(25)39)38(6-2)7-3;1-18-14-15-23-28-29(18)34-32(24-16-19-8-5-6-9-20(19)17-26(24)36)35-30(28)22-12-7-13-25(27(22)31(23)37)33-21-10-3-2-4-11-21/h12-13,15-18,20-21,35,39H,5-11,14,19H2,1-4H3;2-17,33,36H,1H3. The van der Waals surface area contributed by atoms with E-state index in [0.29, 0.717) is 78.6 Å². The van der Waals surface area contributed by atoms with Gasteiger partial charge in [0.25, 0.3) is 0 Å². The van der Waals surface area contributed by atoms with Gasteiger partial charge in [-0.2, -0.15) is 0 Å². The van der Waals surface area contributed by atoms with Crippen molar-refractivity contribution in [1.82, 2.24) is 19.9 Å². The van der Waals surface area contributed by atoms with Gasteiger partial charge in [-0.25, -0.2) is 19.9 Å². The summed E-state index contributed by atoms with van der Waals surface area (Å²) in [6, 6.07) is 45.9. The number of carbonyl (C=O) groups is 2. The molecule has 4 N–H and O–H groups in total. The van der Waals surface area contributed by atoms with Crippen LogP contribution in [-0.4, -0.2) is 68.5 Å². The van der Waals surface area contributed by atoms with Gasteiger partial charge in [-0.05, 0) is 92.1 Å². The Bertz CT molecular complexity index is 3970. The second kappa shape index (κ2) is 21.8. The van der Waals surface area contributed by atoms with Crippen molar-refractivity contribution in [3.63, 3.8) is 0 Å². The van der Waals surface area contributed by atoms with Crippen molar-refractivity contribution in [3.8, 4) is 62.5 Å². The molecular formula is C66H61N7O5. The molecule has 0 unspecified atom stereocenters. The first kappa shape index (κ1) is 51.0. The van der Waals surface area contributed by atoms with Gasteiger partial charge in [-0.3, -0.25) is 9.59 Å². The number of benzene rings is 8. The molecule has 0 atom stereocenters. The first-order valence-corrected chi connectivity index (χ1v) is 27.0. The molecule has 78 heavy (non-hydrogen) atoms. The largest absolute Gasteiger partial charge is 0.507 e. The van der Waals surface area contributed by atoms with Crippen LogP contribution >= 0.6 is 0 Å². The lowest BCUT2D eigenvalue weighted by Crippen LogP contribution is -2.21. The Balaban J connectivity index is 0.000000166. The predicted octanol–water partition coefficient (Wildman–Crippen LogP) is 15.3. The van der Waals surface area contributed by atoms with Gasteiger partial charge in [0.05, 0.1) is 52.0 Å². The number of fused-ring (bicyclic) bond motifs is 5. The monoisotopic (exact) mass is 1030 g/mol. The molecule has 2 aliphatic carbocycles. The smallest absolute Gasteiger partial charge is 0.196 e. The number of aryl methyl sites for hydroxylation is 1. The van der Waals surface area contributed by atoms with Crippen LogP contribution < -0.4 is 20.3 Å². The summed E-state index contributed by atoms with van der Waals surface area (Å²) in [6.07, 6.45) is 7.17. The Labute approximate surface area is 453 Å². The summed E-state index contributed by atoms with van der Waals surface area (Å²) in [5, 5.41) is 32.3. The number of nitrogens with zero attached hydrogens (tertiary/aromatic N) is 5. The highest BCUT2D eigenvalue weighted by Crippen LogP contribution is 2.47. The molecule has 12 rings (SSSR count). The molecule has 390 valence electrons. The number of phenols is 2. The van der Waals surface area contributed by atoms with Crippen LogP contribution in [0.4, 0.5) is 22.7 Å². The number of para-hydroxylation sites is 1. The summed E-state index contributed by atoms with van der Waals surface area (Å²) >= 11 is 0. The maximum Gasteiger partial charge on any atom is 0.196 e. The van der Waals surface area contributed by atoms with E-state index in [1.807, 2.05) is 140 Å². The fraction of sp³-hybridized carbons (Fsp3) is 0.212. The molecule has 0 amide bonds. The van der Waals surface area contributed by atoms with E-state index in [1.54, 1.807) is 19.2 Å². The van der Waals surface area contributed by atoms with E-state index in [0.717, 1.165) is 88.1 Å². The summed E-state index contributed by atoms with van der Waals surface area (Å²) in [5.41, 5.74) is 11.8. The maximum atomic E-state index is 13.9. The summed E-state index contributed by atoms with van der Waals surface area (Å²) in [5.74, 6) is 1.49. The highest BCUT2D eigenvalue weighted by atomic mass is 16.5. The van der Waals surface area contributed by atoms with E-state index in [-0.39, 0.29) is 23.1 Å². The molecule has 0 radical (unpaired) electrons. The van der Waals surface area contributed by atoms with E-state index in [4.69, 9.17) is 24.7 Å². The van der Waals surface area contributed by atoms with Crippen molar-refractivity contribution < 1.29 is 24.5 Å². The van der Waals surface area contributed by atoms with E-state index in [2.05, 4.69) is 36.3 Å². The minimum Gasteiger partial charge on any atom is -0.507 e. The van der Waals surface area contributed by atoms with Gasteiger partial charge in [0.1, 0.15) is 22.8 Å². The van der Waals surface area contributed by atoms with Gasteiger partial charge in [0.15, 0.2) is 23.2 Å². The minimum absolute atomic E-state index is 0.0472. The quantitative estimate of drug-likeness (QED) is 0.0679. The summed E-state index contributed by atoms with van der Waals surface area (Å²) in [4.78, 5) is 49.7. The molecule has 0 saturated heterocycles. The molecule has 0 aliphatic heterocycles. The zero-order valence-electron chi connectivity index (χ0n) is 44.6. The molecule has 8 aromatic carbocycles. The Morgan fingerprint density at radius 3 is 1.90 bits per heavy atom. The Kier molecular flexibility index (Phi) is 14.3. The average Bonchev–Trinajstić information content (AvgIpc) is 3.46. The van der Waals surface area contributed by atoms with Gasteiger partial charge in [0.2, 0.25) is 0 Å². The number of nitrogens with one attached hydrogen (secondary N) is 2. The van der Waals surface area contributed by atoms with Crippen LogP contribution in [0.25, 0.3) is 77.9 Å². The summed E-state index contributed by atoms with van der Waals surface area (Å²) < 4.78 is 5.83. The molecule has 10 aromatic rings. The van der Waals surface area contributed by atoms with E-state index >= 15 is 0 Å². The van der Waals surface area contributed by atoms with Crippen LogP contribution in [0.5, 0.6) is 17.2 Å². The van der Waals surface area contributed by atoms with Crippen molar-refractivity contribution in [2.24, 2.45) is 0 Å². The lowest BCUT2D eigenvalue weighted by Gasteiger charge is -2.24. The molecule has 2 aromatic heterocycles. The van der Waals surface area contributed by atoms with Crippen LogP contribution in [0.15, 0.2) is 146 Å². The van der Waals surface area contributed by atoms with Crippen LogP contribution in [0, 0.1) is 6.92 Å². The van der Waals surface area contributed by atoms with Crippen LogP contribution in [0.1, 0.15) is 96.7 Å². The highest BCUT2D eigenvalue weighted by molar-refractivity contribution is 6.29. The number of hydrogen-bond donors (Lipinski definition) is 4. The maximum absolute atomic E-state index is 13.9. The van der Waals surface area contributed by atoms with Crippen LogP contribution in [0.2, 0.25) is 0 Å². The van der Waals surface area contributed by atoms with Crippen LogP contribution in [0.3, 0.4) is 0 Å². The number of carbonyl (C=O) groups excluding carboxylic acids is 2. The lowest BCUT2D eigenvalue weighted by molar-refractivity contribution is 0.103. The molecule has 0 fully saturated rings. The highest BCUT2D eigenvalue weighted by Gasteiger charge is 2.33. The number of ether oxygens (including phenoxy) is 1. The third-order valence-electron chi connectivity index (χ3n) is 15.0. The zero-order chi connectivity index (χ0) is 54.0. The summed E-state index contributed by atoms with van der Waals surface area (Å²) in [6.45, 7) is 10.8. The van der Waals surface area contributed by atoms with Crippen molar-refractivity contribution in [2.45, 2.75) is 66.2 Å². The molecule has 0 saturated carbocycles. The van der Waals surface area contributed by atoms with Crippen molar-refractivity contribution in [2.75, 3.05) is 42.3 Å². The molecule has 12 heteroatoms. The van der Waals surface area contributed by atoms with E-state index < -0.39 is 0 Å². The number of ketones is 2. The van der Waals surface area contributed by atoms with E-state index in [1.165, 1.54) is 25.7 Å². The number of aromatic nitrogens is 4. The van der Waals surface area contributed by atoms with Gasteiger partial charge in [-0.1, -0.05) is 124 Å². The topological polar surface area (TPSA) is 163 Å². The second-order valence-electron chi connectivity index (χ2n) is 19.9. The van der Waals surface area contributed by atoms with Crippen molar-refractivity contribution >= 4 is 66.9 Å². The Hall–Kier alpha value is -9.16. The molecule has 0 bridgehead atoms. The van der Waals surface area contributed by atoms with Crippen LogP contribution in [-0.2, 0) is 0 Å². The minimum atomic E-state index is -0.0589. The third kappa shape index (κ3) is 9.37. The number of hydrogen-bond acceptors (Lipinski definition) is 12. The number of anilines is 4. The van der Waals surface area contributed by atoms with Crippen molar-refractivity contribution in [1.29, 1.82) is 0 Å². The molecule has 12 nitrogen and oxygen atoms in total. The first-order chi connectivity index (χ1) is 38.1. The molecule has 0 spiro atoms. The number of unbranched alkanes of at least 4 members (excludes halogenated alkanes) is 5. The van der Waals surface area contributed by atoms with Gasteiger partial charge >= 0.3 is 0 Å². The van der Waals surface area contributed by atoms with Gasteiger partial charge in [-0.15, -0.1) is 0 Å². The van der Waals surface area contributed by atoms with Gasteiger partial charge < -0.3 is 30.5 Å². The second-order valence-corrected chi connectivity index (χ2v) is 19.9. The number of aromatic hydroxyl groups is 2. The fourth-order valence-electron chi connectivity index (χ4n) is 11.0. The molecule has 2 aliphatic rings. The lowest BCUT2D eigenvalue weighted by atomic mass is 9.84. The van der Waals surface area contributed by atoms with Crippen molar-refractivity contribution in [3.05, 3.63) is 173 Å². The molecule has 2 heterocycles. The number of phenolic OH excluding ortho intramolecular Hbond substituents is 2. The third-order valence-corrected chi connectivity index (χ3v) is 15.0. The fourth-order valence-corrected chi connectivity index (χ4v) is 11.0. The average molecular weight is 1030 g/mol. The Morgan fingerprint density at radius 2 is 1.15 bits per heavy atom. The first-order valence-electron chi connectivity index (χ1n) is 27.0. The zero-order valence-corrected chi connectivity index (χ0v) is 44.6. The number of rotatable bonds is 16. The summed E-state index contributed by atoms with van der Waals surface area (Å²) in [7, 11) is 1.62.